The highest BCUT2D eigenvalue weighted by Gasteiger charge is 2.20. The Kier molecular flexibility index (Phi) is 7.10. The van der Waals surface area contributed by atoms with Gasteiger partial charge in [-0.15, -0.1) is 12.4 Å². The van der Waals surface area contributed by atoms with Crippen molar-refractivity contribution < 1.29 is 4.79 Å². The third kappa shape index (κ3) is 4.81. The molecule has 0 aromatic heterocycles. The number of halogens is 3. The van der Waals surface area contributed by atoms with Gasteiger partial charge in [0.2, 0.25) is 5.91 Å². The molecule has 0 heterocycles. The number of rotatable bonds is 3. The maximum Gasteiger partial charge on any atom is 0.224 e. The Morgan fingerprint density at radius 1 is 1.20 bits per heavy atom. The molecule has 1 fully saturated rings. The molecule has 3 N–H and O–H groups in total. The first-order valence-corrected chi connectivity index (χ1v) is 7.29. The predicted molar refractivity (Wildman–Crippen MR) is 85.8 cm³/mol. The molecule has 20 heavy (non-hydrogen) atoms. The van der Waals surface area contributed by atoms with Crippen LogP contribution in [0.15, 0.2) is 18.2 Å². The first-order chi connectivity index (χ1) is 9.06. The molecule has 1 aliphatic carbocycles. The number of hydrogen-bond donors (Lipinski definition) is 2. The van der Waals surface area contributed by atoms with Gasteiger partial charge in [0, 0.05) is 22.1 Å². The van der Waals surface area contributed by atoms with Crippen molar-refractivity contribution in [3.63, 3.8) is 0 Å². The summed E-state index contributed by atoms with van der Waals surface area (Å²) in [6.45, 7) is 0. The zero-order chi connectivity index (χ0) is 13.8. The van der Waals surface area contributed by atoms with Gasteiger partial charge in [-0.3, -0.25) is 4.79 Å². The van der Waals surface area contributed by atoms with Crippen molar-refractivity contribution >= 4 is 41.5 Å². The van der Waals surface area contributed by atoms with E-state index in [2.05, 4.69) is 5.32 Å². The van der Waals surface area contributed by atoms with Gasteiger partial charge in [-0.05, 0) is 43.4 Å². The standard InChI is InChI=1S/C14H18Cl2N2O.ClH/c15-12-2-1-3-13(16)11(12)8-14(19)18-10-6-4-9(17)5-7-10;/h1-3,9-10H,4-8,17H2,(H,18,19);1H. The summed E-state index contributed by atoms with van der Waals surface area (Å²) in [5.74, 6) is -0.0320. The van der Waals surface area contributed by atoms with Crippen LogP contribution in [0.2, 0.25) is 10.0 Å². The van der Waals surface area contributed by atoms with E-state index >= 15 is 0 Å². The van der Waals surface area contributed by atoms with Gasteiger partial charge >= 0.3 is 0 Å². The van der Waals surface area contributed by atoms with Crippen LogP contribution in [0.25, 0.3) is 0 Å². The average Bonchev–Trinajstić information content (AvgIpc) is 2.37. The lowest BCUT2D eigenvalue weighted by Crippen LogP contribution is -2.41. The lowest BCUT2D eigenvalue weighted by molar-refractivity contribution is -0.121. The van der Waals surface area contributed by atoms with Crippen molar-refractivity contribution in [3.05, 3.63) is 33.8 Å². The van der Waals surface area contributed by atoms with Crippen LogP contribution in [0.5, 0.6) is 0 Å². The second-order valence-electron chi connectivity index (χ2n) is 5.06. The fourth-order valence-corrected chi connectivity index (χ4v) is 2.94. The van der Waals surface area contributed by atoms with Gasteiger partial charge in [-0.2, -0.15) is 0 Å². The highest BCUT2D eigenvalue weighted by molar-refractivity contribution is 6.36. The van der Waals surface area contributed by atoms with E-state index in [0.29, 0.717) is 15.6 Å². The summed E-state index contributed by atoms with van der Waals surface area (Å²) in [6.07, 6.45) is 4.06. The van der Waals surface area contributed by atoms with E-state index in [4.69, 9.17) is 28.9 Å². The van der Waals surface area contributed by atoms with E-state index in [1.165, 1.54) is 0 Å². The second kappa shape index (κ2) is 8.08. The topological polar surface area (TPSA) is 55.1 Å². The molecule has 0 bridgehead atoms. The smallest absolute Gasteiger partial charge is 0.224 e. The van der Waals surface area contributed by atoms with E-state index in [-0.39, 0.29) is 36.8 Å². The number of benzene rings is 1. The van der Waals surface area contributed by atoms with Crippen LogP contribution in [0.4, 0.5) is 0 Å². The molecular formula is C14H19Cl3N2O. The minimum Gasteiger partial charge on any atom is -0.353 e. The molecule has 2 rings (SSSR count). The van der Waals surface area contributed by atoms with E-state index in [0.717, 1.165) is 25.7 Å². The minimum atomic E-state index is -0.0320. The molecule has 1 aliphatic rings. The summed E-state index contributed by atoms with van der Waals surface area (Å²) in [5, 5.41) is 4.10. The molecule has 0 aliphatic heterocycles. The van der Waals surface area contributed by atoms with Crippen LogP contribution >= 0.6 is 35.6 Å². The number of carbonyl (C=O) groups is 1. The summed E-state index contributed by atoms with van der Waals surface area (Å²) in [5.41, 5.74) is 6.53. The molecular weight excluding hydrogens is 319 g/mol. The number of nitrogens with one attached hydrogen (secondary N) is 1. The molecule has 1 saturated carbocycles. The molecule has 6 heteroatoms. The summed E-state index contributed by atoms with van der Waals surface area (Å²) in [7, 11) is 0. The van der Waals surface area contributed by atoms with Crippen LogP contribution in [0.3, 0.4) is 0 Å². The molecule has 1 aromatic rings. The first-order valence-electron chi connectivity index (χ1n) is 6.54. The van der Waals surface area contributed by atoms with Crippen molar-refractivity contribution in [2.75, 3.05) is 0 Å². The highest BCUT2D eigenvalue weighted by Crippen LogP contribution is 2.25. The number of nitrogens with two attached hydrogens (primary N) is 1. The predicted octanol–water partition coefficient (Wildman–Crippen LogP) is 3.34. The van der Waals surface area contributed by atoms with Crippen LogP contribution in [-0.4, -0.2) is 18.0 Å². The Morgan fingerprint density at radius 2 is 1.75 bits per heavy atom. The monoisotopic (exact) mass is 336 g/mol. The second-order valence-corrected chi connectivity index (χ2v) is 5.87. The molecule has 0 saturated heterocycles. The summed E-state index contributed by atoms with van der Waals surface area (Å²) in [4.78, 5) is 12.0. The summed E-state index contributed by atoms with van der Waals surface area (Å²) < 4.78 is 0. The maximum absolute atomic E-state index is 12.0. The summed E-state index contributed by atoms with van der Waals surface area (Å²) in [6, 6.07) is 5.78. The zero-order valence-corrected chi connectivity index (χ0v) is 13.4. The highest BCUT2D eigenvalue weighted by atomic mass is 35.5. The Morgan fingerprint density at radius 3 is 2.30 bits per heavy atom. The maximum atomic E-state index is 12.0. The van der Waals surface area contributed by atoms with Gasteiger partial charge in [0.1, 0.15) is 0 Å². The molecule has 1 amide bonds. The quantitative estimate of drug-likeness (QED) is 0.888. The SMILES string of the molecule is Cl.NC1CCC(NC(=O)Cc2c(Cl)cccc2Cl)CC1. The van der Waals surface area contributed by atoms with Crippen LogP contribution in [-0.2, 0) is 11.2 Å². The molecule has 0 radical (unpaired) electrons. The number of carbonyl (C=O) groups excluding carboxylic acids is 1. The molecule has 0 atom stereocenters. The Hall–Kier alpha value is -0.480. The fourth-order valence-electron chi connectivity index (χ4n) is 2.40. The van der Waals surface area contributed by atoms with Crippen molar-refractivity contribution in [2.24, 2.45) is 5.73 Å². The van der Waals surface area contributed by atoms with Gasteiger partial charge in [-0.25, -0.2) is 0 Å². The molecule has 0 spiro atoms. The first kappa shape index (κ1) is 17.6. The third-order valence-corrected chi connectivity index (χ3v) is 4.24. The fraction of sp³-hybridized carbons (Fsp3) is 0.500. The molecule has 0 unspecified atom stereocenters. The lowest BCUT2D eigenvalue weighted by Gasteiger charge is -2.26. The van der Waals surface area contributed by atoms with Gasteiger partial charge in [0.25, 0.3) is 0 Å². The Labute approximate surface area is 135 Å². The minimum absolute atomic E-state index is 0. The average molecular weight is 338 g/mol. The number of hydrogen-bond acceptors (Lipinski definition) is 2. The molecule has 1 aromatic carbocycles. The van der Waals surface area contributed by atoms with Crippen LogP contribution in [0.1, 0.15) is 31.2 Å². The van der Waals surface area contributed by atoms with Gasteiger partial charge in [0.05, 0.1) is 6.42 Å². The van der Waals surface area contributed by atoms with Crippen molar-refractivity contribution in [3.8, 4) is 0 Å². The van der Waals surface area contributed by atoms with Gasteiger partial charge in [-0.1, -0.05) is 29.3 Å². The molecule has 112 valence electrons. The lowest BCUT2D eigenvalue weighted by atomic mass is 9.91. The Balaban J connectivity index is 0.00000200. The van der Waals surface area contributed by atoms with Crippen LogP contribution < -0.4 is 11.1 Å². The normalized spacial score (nSPS) is 21.9. The Bertz CT molecular complexity index is 439. The van der Waals surface area contributed by atoms with Crippen molar-refractivity contribution in [1.82, 2.24) is 5.32 Å². The van der Waals surface area contributed by atoms with E-state index in [1.54, 1.807) is 18.2 Å². The van der Waals surface area contributed by atoms with Crippen molar-refractivity contribution in [2.45, 2.75) is 44.2 Å². The molecule has 3 nitrogen and oxygen atoms in total. The van der Waals surface area contributed by atoms with Gasteiger partial charge in [0.15, 0.2) is 0 Å². The van der Waals surface area contributed by atoms with E-state index in [1.807, 2.05) is 0 Å². The largest absolute Gasteiger partial charge is 0.353 e. The zero-order valence-electron chi connectivity index (χ0n) is 11.1. The third-order valence-electron chi connectivity index (χ3n) is 3.54. The van der Waals surface area contributed by atoms with Gasteiger partial charge < -0.3 is 11.1 Å². The summed E-state index contributed by atoms with van der Waals surface area (Å²) >= 11 is 12.1. The van der Waals surface area contributed by atoms with E-state index in [9.17, 15) is 4.79 Å². The van der Waals surface area contributed by atoms with Crippen LogP contribution in [0, 0.1) is 0 Å². The number of amides is 1. The van der Waals surface area contributed by atoms with Crippen molar-refractivity contribution in [1.29, 1.82) is 0 Å². The van der Waals surface area contributed by atoms with E-state index < -0.39 is 0 Å².